The Morgan fingerprint density at radius 2 is 1.58 bits per heavy atom. The van der Waals surface area contributed by atoms with E-state index >= 15 is 0 Å². The van der Waals surface area contributed by atoms with Gasteiger partial charge in [0.15, 0.2) is 0 Å². The molecule has 0 saturated heterocycles. The highest BCUT2D eigenvalue weighted by molar-refractivity contribution is 6.05. The van der Waals surface area contributed by atoms with Gasteiger partial charge < -0.3 is 15.3 Å². The first-order chi connectivity index (χ1) is 9.08. The van der Waals surface area contributed by atoms with Crippen molar-refractivity contribution >= 4 is 28.0 Å². The fourth-order valence-corrected chi connectivity index (χ4v) is 1.95. The molecule has 0 spiro atoms. The minimum atomic E-state index is -1.28. The molecule has 19 heavy (non-hydrogen) atoms. The zero-order valence-corrected chi connectivity index (χ0v) is 9.53. The Morgan fingerprint density at radius 1 is 0.895 bits per heavy atom. The maximum Gasteiger partial charge on any atom is 0.341 e. The normalized spacial score (nSPS) is 10.9. The van der Waals surface area contributed by atoms with E-state index in [2.05, 4.69) is 9.97 Å². The van der Waals surface area contributed by atoms with Crippen LogP contribution in [0.2, 0.25) is 0 Å². The van der Waals surface area contributed by atoms with Crippen LogP contribution in [-0.4, -0.2) is 31.3 Å². The molecule has 1 aromatic heterocycles. The highest BCUT2D eigenvalue weighted by Crippen LogP contribution is 2.28. The van der Waals surface area contributed by atoms with Crippen LogP contribution >= 0.6 is 0 Å². The van der Waals surface area contributed by atoms with Crippen LogP contribution in [0.4, 0.5) is 0 Å². The largest absolute Gasteiger partial charge is 0.507 e. The van der Waals surface area contributed by atoms with Gasteiger partial charge in [0.25, 0.3) is 0 Å². The number of carbonyl (C=O) groups is 1. The Morgan fingerprint density at radius 3 is 2.32 bits per heavy atom. The van der Waals surface area contributed by atoms with Crippen molar-refractivity contribution in [2.45, 2.75) is 0 Å². The van der Waals surface area contributed by atoms with E-state index < -0.39 is 5.97 Å². The van der Waals surface area contributed by atoms with E-state index in [1.165, 1.54) is 18.2 Å². The lowest BCUT2D eigenvalue weighted by molar-refractivity contribution is 0.0696. The zero-order chi connectivity index (χ0) is 13.6. The number of phenols is 2. The molecule has 1 heterocycles. The molecule has 0 unspecified atom stereocenters. The minimum Gasteiger partial charge on any atom is -0.507 e. The van der Waals surface area contributed by atoms with Crippen LogP contribution in [0.3, 0.4) is 0 Å². The molecule has 0 amide bonds. The summed E-state index contributed by atoms with van der Waals surface area (Å²) in [7, 11) is 0. The molecule has 0 fully saturated rings. The number of phenolic OH excluding ortho intramolecular Hbond substituents is 1. The first kappa shape index (κ1) is 11.2. The fourth-order valence-electron chi connectivity index (χ4n) is 1.95. The number of nitrogens with zero attached hydrogens (tertiary/aromatic N) is 2. The highest BCUT2D eigenvalue weighted by atomic mass is 16.4. The van der Waals surface area contributed by atoms with Gasteiger partial charge in [0, 0.05) is 0 Å². The molecule has 0 aliphatic heterocycles. The molecule has 0 bridgehead atoms. The maximum absolute atomic E-state index is 11.2. The van der Waals surface area contributed by atoms with Gasteiger partial charge in [0.1, 0.15) is 28.1 Å². The van der Waals surface area contributed by atoms with E-state index in [0.29, 0.717) is 11.0 Å². The topological polar surface area (TPSA) is 104 Å². The second-order valence-electron chi connectivity index (χ2n) is 4.00. The Kier molecular flexibility index (Phi) is 2.25. The summed E-state index contributed by atoms with van der Waals surface area (Å²) in [4.78, 5) is 19.5. The van der Waals surface area contributed by atoms with Crippen molar-refractivity contribution in [3.63, 3.8) is 0 Å². The van der Waals surface area contributed by atoms with E-state index in [1.54, 1.807) is 12.1 Å². The number of aromatic hydroxyl groups is 2. The van der Waals surface area contributed by atoms with Crippen molar-refractivity contribution in [3.8, 4) is 11.5 Å². The minimum absolute atomic E-state index is 0.0307. The molecule has 0 aliphatic carbocycles. The fraction of sp³-hybridized carbons (Fsp3) is 0. The first-order valence-electron chi connectivity index (χ1n) is 5.42. The van der Waals surface area contributed by atoms with Crippen LogP contribution in [-0.2, 0) is 0 Å². The third-order valence-electron chi connectivity index (χ3n) is 2.81. The lowest BCUT2D eigenvalue weighted by Gasteiger charge is -2.06. The van der Waals surface area contributed by atoms with Crippen molar-refractivity contribution in [2.75, 3.05) is 0 Å². The molecular weight excluding hydrogens is 248 g/mol. The average Bonchev–Trinajstić information content (AvgIpc) is 2.36. The van der Waals surface area contributed by atoms with Crippen LogP contribution in [0.1, 0.15) is 10.4 Å². The molecule has 0 radical (unpaired) electrons. The molecule has 0 atom stereocenters. The Balaban J connectivity index is 2.51. The number of carboxylic acid groups (broad SMARTS) is 1. The maximum atomic E-state index is 11.2. The molecule has 94 valence electrons. The predicted molar refractivity (Wildman–Crippen MR) is 67.3 cm³/mol. The van der Waals surface area contributed by atoms with Crippen LogP contribution in [0.5, 0.6) is 11.5 Å². The van der Waals surface area contributed by atoms with E-state index in [1.807, 2.05) is 0 Å². The van der Waals surface area contributed by atoms with Crippen LogP contribution in [0.25, 0.3) is 22.1 Å². The highest BCUT2D eigenvalue weighted by Gasteiger charge is 2.17. The van der Waals surface area contributed by atoms with E-state index in [-0.39, 0.29) is 28.1 Å². The van der Waals surface area contributed by atoms with Crippen molar-refractivity contribution < 1.29 is 20.1 Å². The third kappa shape index (κ3) is 1.61. The summed E-state index contributed by atoms with van der Waals surface area (Å²) in [5.41, 5.74) is 0.739. The van der Waals surface area contributed by atoms with Gasteiger partial charge in [0.2, 0.25) is 0 Å². The average molecular weight is 256 g/mol. The van der Waals surface area contributed by atoms with E-state index in [0.717, 1.165) is 0 Å². The van der Waals surface area contributed by atoms with Crippen molar-refractivity contribution in [1.29, 1.82) is 0 Å². The number of carboxylic acids is 1. The van der Waals surface area contributed by atoms with Gasteiger partial charge in [-0.05, 0) is 24.3 Å². The van der Waals surface area contributed by atoms with Gasteiger partial charge in [-0.15, -0.1) is 0 Å². The quantitative estimate of drug-likeness (QED) is 0.574. The van der Waals surface area contributed by atoms with E-state index in [4.69, 9.17) is 5.11 Å². The standard InChI is InChI=1S/C13H8N2O4/c16-8-5-4-7-12(10(8)13(18)19)15-6-2-1-3-9(17)11(6)14-7/h1-5,16-17H,(H,18,19). The van der Waals surface area contributed by atoms with Crippen LogP contribution in [0.15, 0.2) is 30.3 Å². The van der Waals surface area contributed by atoms with Gasteiger partial charge in [-0.1, -0.05) is 6.07 Å². The predicted octanol–water partition coefficient (Wildman–Crippen LogP) is 1.89. The number of aromatic nitrogens is 2. The third-order valence-corrected chi connectivity index (χ3v) is 2.81. The van der Waals surface area contributed by atoms with Crippen molar-refractivity contribution in [3.05, 3.63) is 35.9 Å². The second-order valence-corrected chi connectivity index (χ2v) is 4.00. The van der Waals surface area contributed by atoms with E-state index in [9.17, 15) is 15.0 Å². The molecule has 0 aliphatic rings. The summed E-state index contributed by atoms with van der Waals surface area (Å²) >= 11 is 0. The summed E-state index contributed by atoms with van der Waals surface area (Å²) in [6.07, 6.45) is 0. The zero-order valence-electron chi connectivity index (χ0n) is 9.53. The monoisotopic (exact) mass is 256 g/mol. The number of hydrogen-bond donors (Lipinski definition) is 3. The van der Waals surface area contributed by atoms with Crippen LogP contribution < -0.4 is 0 Å². The molecule has 6 nitrogen and oxygen atoms in total. The SMILES string of the molecule is O=C(O)c1c(O)ccc2nc3c(O)cccc3nc12. The smallest absolute Gasteiger partial charge is 0.341 e. The lowest BCUT2D eigenvalue weighted by atomic mass is 10.1. The number of fused-ring (bicyclic) bond motifs is 2. The molecule has 3 N–H and O–H groups in total. The van der Waals surface area contributed by atoms with Gasteiger partial charge in [0.05, 0.1) is 11.0 Å². The number of para-hydroxylation sites is 1. The van der Waals surface area contributed by atoms with Crippen LogP contribution in [0, 0.1) is 0 Å². The first-order valence-corrected chi connectivity index (χ1v) is 5.42. The number of aromatic carboxylic acids is 1. The van der Waals surface area contributed by atoms with Gasteiger partial charge in [-0.25, -0.2) is 14.8 Å². The Labute approximate surface area is 106 Å². The van der Waals surface area contributed by atoms with Crippen molar-refractivity contribution in [2.24, 2.45) is 0 Å². The molecule has 3 rings (SSSR count). The van der Waals surface area contributed by atoms with Gasteiger partial charge in [-0.2, -0.15) is 0 Å². The summed E-state index contributed by atoms with van der Waals surface area (Å²) in [6.45, 7) is 0. The number of rotatable bonds is 1. The van der Waals surface area contributed by atoms with Gasteiger partial charge in [-0.3, -0.25) is 0 Å². The summed E-state index contributed by atoms with van der Waals surface area (Å²) in [5, 5.41) is 28.4. The Bertz CT molecular complexity index is 830. The molecular formula is C13H8N2O4. The summed E-state index contributed by atoms with van der Waals surface area (Å²) in [5.74, 6) is -1.68. The second kappa shape index (κ2) is 3.81. The summed E-state index contributed by atoms with van der Waals surface area (Å²) < 4.78 is 0. The number of hydrogen-bond acceptors (Lipinski definition) is 5. The summed E-state index contributed by atoms with van der Waals surface area (Å²) in [6, 6.07) is 7.36. The van der Waals surface area contributed by atoms with Gasteiger partial charge >= 0.3 is 5.97 Å². The van der Waals surface area contributed by atoms with Crippen molar-refractivity contribution in [1.82, 2.24) is 9.97 Å². The lowest BCUT2D eigenvalue weighted by Crippen LogP contribution is -2.01. The Hall–Kier alpha value is -2.89. The molecule has 2 aromatic carbocycles. The number of benzene rings is 2. The molecule has 3 aromatic rings. The molecule has 0 saturated carbocycles. The molecule has 6 heteroatoms.